The number of likely N-dealkylation sites (tertiary alicyclic amines) is 1. The van der Waals surface area contributed by atoms with Crippen LogP contribution in [0.4, 0.5) is 0 Å². The summed E-state index contributed by atoms with van der Waals surface area (Å²) in [5, 5.41) is 1.36. The van der Waals surface area contributed by atoms with Gasteiger partial charge in [0.1, 0.15) is 0 Å². The van der Waals surface area contributed by atoms with Crippen LogP contribution in [0.25, 0.3) is 10.9 Å². The first-order valence-electron chi connectivity index (χ1n) is 6.63. The largest absolute Gasteiger partial charge is 0.361 e. The standard InChI is InChI=1S/C15H16N2O2S/c1-10(18)20-13-7-15(19)17(9-13)8-11-2-3-12-4-5-16-14(12)6-11/h2-6,13,16H,7-9H2,1H3. The van der Waals surface area contributed by atoms with Gasteiger partial charge in [-0.1, -0.05) is 23.9 Å². The van der Waals surface area contributed by atoms with Crippen molar-refractivity contribution in [3.8, 4) is 0 Å². The minimum Gasteiger partial charge on any atom is -0.361 e. The number of benzene rings is 1. The van der Waals surface area contributed by atoms with Crippen LogP contribution >= 0.6 is 11.8 Å². The lowest BCUT2D eigenvalue weighted by Crippen LogP contribution is -2.24. The SMILES string of the molecule is CC(=O)SC1CC(=O)N(Cc2ccc3cc[nH]c3c2)C1. The van der Waals surface area contributed by atoms with E-state index in [1.807, 2.05) is 17.2 Å². The molecule has 0 bridgehead atoms. The van der Waals surface area contributed by atoms with Gasteiger partial charge in [0.2, 0.25) is 5.91 Å². The molecule has 2 aromatic rings. The summed E-state index contributed by atoms with van der Waals surface area (Å²) in [5.41, 5.74) is 2.20. The molecule has 1 aliphatic heterocycles. The highest BCUT2D eigenvalue weighted by Crippen LogP contribution is 2.26. The molecule has 20 heavy (non-hydrogen) atoms. The number of amides is 1. The summed E-state index contributed by atoms with van der Waals surface area (Å²) < 4.78 is 0. The van der Waals surface area contributed by atoms with E-state index in [0.717, 1.165) is 11.1 Å². The Morgan fingerprint density at radius 3 is 3.10 bits per heavy atom. The van der Waals surface area contributed by atoms with Crippen LogP contribution in [0.1, 0.15) is 18.9 Å². The van der Waals surface area contributed by atoms with Crippen LogP contribution in [0.3, 0.4) is 0 Å². The molecule has 4 nitrogen and oxygen atoms in total. The second-order valence-corrected chi connectivity index (χ2v) is 6.59. The maximum Gasteiger partial charge on any atom is 0.224 e. The van der Waals surface area contributed by atoms with Crippen LogP contribution in [0.5, 0.6) is 0 Å². The van der Waals surface area contributed by atoms with Crippen molar-refractivity contribution in [1.29, 1.82) is 0 Å². The molecule has 1 N–H and O–H groups in total. The Bertz CT molecular complexity index is 665. The molecular formula is C15H16N2O2S. The normalized spacial score (nSPS) is 18.9. The highest BCUT2D eigenvalue weighted by Gasteiger charge is 2.30. The zero-order valence-electron chi connectivity index (χ0n) is 11.3. The molecule has 1 unspecified atom stereocenters. The van der Waals surface area contributed by atoms with Crippen LogP contribution in [0, 0.1) is 0 Å². The van der Waals surface area contributed by atoms with Crippen LogP contribution < -0.4 is 0 Å². The average Bonchev–Trinajstić information content (AvgIpc) is 2.96. The molecule has 1 amide bonds. The summed E-state index contributed by atoms with van der Waals surface area (Å²) in [6.07, 6.45) is 2.38. The zero-order valence-corrected chi connectivity index (χ0v) is 12.1. The van der Waals surface area contributed by atoms with Crippen molar-refractivity contribution in [2.45, 2.75) is 25.1 Å². The number of aromatic nitrogens is 1. The van der Waals surface area contributed by atoms with Crippen LogP contribution in [-0.4, -0.2) is 32.7 Å². The maximum atomic E-state index is 12.0. The van der Waals surface area contributed by atoms with Gasteiger partial charge in [-0.3, -0.25) is 9.59 Å². The van der Waals surface area contributed by atoms with Gasteiger partial charge < -0.3 is 9.88 Å². The molecule has 1 aliphatic rings. The fourth-order valence-corrected chi connectivity index (χ4v) is 3.57. The summed E-state index contributed by atoms with van der Waals surface area (Å²) in [6.45, 7) is 2.82. The van der Waals surface area contributed by atoms with Gasteiger partial charge in [0.05, 0.1) is 0 Å². The van der Waals surface area contributed by atoms with E-state index in [2.05, 4.69) is 23.2 Å². The van der Waals surface area contributed by atoms with Gasteiger partial charge in [0.25, 0.3) is 0 Å². The van der Waals surface area contributed by atoms with E-state index in [1.165, 1.54) is 17.1 Å². The smallest absolute Gasteiger partial charge is 0.224 e. The van der Waals surface area contributed by atoms with E-state index in [9.17, 15) is 9.59 Å². The van der Waals surface area contributed by atoms with Gasteiger partial charge in [0, 0.05) is 43.4 Å². The van der Waals surface area contributed by atoms with Crippen molar-refractivity contribution < 1.29 is 9.59 Å². The quantitative estimate of drug-likeness (QED) is 0.944. The number of nitrogens with zero attached hydrogens (tertiary/aromatic N) is 1. The monoisotopic (exact) mass is 288 g/mol. The Kier molecular flexibility index (Phi) is 3.53. The number of H-pyrrole nitrogens is 1. The summed E-state index contributed by atoms with van der Waals surface area (Å²) in [4.78, 5) is 28.1. The maximum absolute atomic E-state index is 12.0. The number of carbonyl (C=O) groups is 2. The van der Waals surface area contributed by atoms with Crippen LogP contribution in [0.2, 0.25) is 0 Å². The van der Waals surface area contributed by atoms with Crippen molar-refractivity contribution in [2.24, 2.45) is 0 Å². The molecule has 1 aromatic heterocycles. The van der Waals surface area contributed by atoms with Gasteiger partial charge >= 0.3 is 0 Å². The van der Waals surface area contributed by atoms with Crippen molar-refractivity contribution in [1.82, 2.24) is 9.88 Å². The molecule has 1 saturated heterocycles. The number of aromatic amines is 1. The number of hydrogen-bond acceptors (Lipinski definition) is 3. The van der Waals surface area contributed by atoms with E-state index in [-0.39, 0.29) is 16.3 Å². The molecule has 2 heterocycles. The van der Waals surface area contributed by atoms with Gasteiger partial charge in [-0.05, 0) is 23.1 Å². The first kappa shape index (κ1) is 13.2. The molecule has 3 rings (SSSR count). The second-order valence-electron chi connectivity index (χ2n) is 5.11. The Morgan fingerprint density at radius 1 is 1.45 bits per heavy atom. The third-order valence-corrected chi connectivity index (χ3v) is 4.49. The molecule has 104 valence electrons. The van der Waals surface area contributed by atoms with Crippen LogP contribution in [-0.2, 0) is 16.1 Å². The first-order chi connectivity index (χ1) is 9.61. The topological polar surface area (TPSA) is 53.2 Å². The van der Waals surface area contributed by atoms with Crippen molar-refractivity contribution in [3.63, 3.8) is 0 Å². The third kappa shape index (κ3) is 2.72. The molecular weight excluding hydrogens is 272 g/mol. The molecule has 1 fully saturated rings. The number of nitrogens with one attached hydrogen (secondary N) is 1. The van der Waals surface area contributed by atoms with E-state index in [4.69, 9.17) is 0 Å². The highest BCUT2D eigenvalue weighted by atomic mass is 32.2. The lowest BCUT2D eigenvalue weighted by molar-refractivity contribution is -0.128. The summed E-state index contributed by atoms with van der Waals surface area (Å²) >= 11 is 1.28. The third-order valence-electron chi connectivity index (χ3n) is 3.50. The highest BCUT2D eigenvalue weighted by molar-refractivity contribution is 8.14. The number of hydrogen-bond donors (Lipinski definition) is 1. The van der Waals surface area contributed by atoms with Crippen molar-refractivity contribution in [3.05, 3.63) is 36.0 Å². The summed E-state index contributed by atoms with van der Waals surface area (Å²) in [6, 6.07) is 8.21. The summed E-state index contributed by atoms with van der Waals surface area (Å²) in [7, 11) is 0. The molecule has 0 aliphatic carbocycles. The number of fused-ring (bicyclic) bond motifs is 1. The van der Waals surface area contributed by atoms with E-state index >= 15 is 0 Å². The van der Waals surface area contributed by atoms with Crippen LogP contribution in [0.15, 0.2) is 30.5 Å². The molecule has 1 atom stereocenters. The second kappa shape index (κ2) is 5.32. The Labute approximate surface area is 121 Å². The van der Waals surface area contributed by atoms with Gasteiger partial charge in [0.15, 0.2) is 5.12 Å². The number of thioether (sulfide) groups is 1. The molecule has 0 radical (unpaired) electrons. The summed E-state index contributed by atoms with van der Waals surface area (Å²) in [5.74, 6) is 0.135. The fraction of sp³-hybridized carbons (Fsp3) is 0.333. The van der Waals surface area contributed by atoms with Gasteiger partial charge in [-0.25, -0.2) is 0 Å². The first-order valence-corrected chi connectivity index (χ1v) is 7.51. The number of rotatable bonds is 3. The lowest BCUT2D eigenvalue weighted by atomic mass is 10.1. The van der Waals surface area contributed by atoms with Gasteiger partial charge in [-0.15, -0.1) is 0 Å². The van der Waals surface area contributed by atoms with Crippen molar-refractivity contribution >= 4 is 33.7 Å². The molecule has 0 saturated carbocycles. The minimum atomic E-state index is 0.0810. The Morgan fingerprint density at radius 2 is 2.30 bits per heavy atom. The lowest BCUT2D eigenvalue weighted by Gasteiger charge is -2.16. The van der Waals surface area contributed by atoms with Crippen molar-refractivity contribution in [2.75, 3.05) is 6.54 Å². The predicted molar refractivity (Wildman–Crippen MR) is 80.4 cm³/mol. The molecule has 0 spiro atoms. The Balaban J connectivity index is 1.70. The minimum absolute atomic E-state index is 0.0810. The van der Waals surface area contributed by atoms with E-state index in [0.29, 0.717) is 19.5 Å². The molecule has 1 aromatic carbocycles. The fourth-order valence-electron chi connectivity index (χ4n) is 2.62. The average molecular weight is 288 g/mol. The number of carbonyl (C=O) groups excluding carboxylic acids is 2. The van der Waals surface area contributed by atoms with Gasteiger partial charge in [-0.2, -0.15) is 0 Å². The predicted octanol–water partition coefficient (Wildman–Crippen LogP) is 2.55. The van der Waals surface area contributed by atoms with E-state index < -0.39 is 0 Å². The molecule has 5 heteroatoms. The zero-order chi connectivity index (χ0) is 14.1. The van der Waals surface area contributed by atoms with E-state index in [1.54, 1.807) is 6.92 Å². The Hall–Kier alpha value is -1.75.